The maximum Gasteiger partial charge on any atom is 0.417 e. The first-order chi connectivity index (χ1) is 13.5. The second-order valence-corrected chi connectivity index (χ2v) is 6.62. The fraction of sp³-hybridized carbons (Fsp3) is 0.150. The van der Waals surface area contributed by atoms with Crippen molar-refractivity contribution in [2.45, 2.75) is 18.9 Å². The monoisotopic (exact) mass is 431 g/mol. The van der Waals surface area contributed by atoms with E-state index >= 15 is 0 Å². The lowest BCUT2D eigenvalue weighted by Crippen LogP contribution is -2.12. The molecule has 0 fully saturated rings. The lowest BCUT2D eigenvalue weighted by Gasteiger charge is -2.17. The van der Waals surface area contributed by atoms with E-state index in [2.05, 4.69) is 0 Å². The molecule has 0 aliphatic carbocycles. The Balaban J connectivity index is 2.11. The van der Waals surface area contributed by atoms with Crippen molar-refractivity contribution in [2.24, 2.45) is 0 Å². The average Bonchev–Trinajstić information content (AvgIpc) is 2.62. The summed E-state index contributed by atoms with van der Waals surface area (Å²) in [5, 5.41) is -0.594. The molecule has 2 nitrogen and oxygen atoms in total. The Kier molecular flexibility index (Phi) is 5.49. The topological polar surface area (TPSA) is 22.0 Å². The Bertz CT molecular complexity index is 1100. The van der Waals surface area contributed by atoms with Gasteiger partial charge in [0.25, 0.3) is 0 Å². The summed E-state index contributed by atoms with van der Waals surface area (Å²) >= 11 is 5.96. The zero-order chi connectivity index (χ0) is 21.4. The highest BCUT2D eigenvalue weighted by atomic mass is 35.5. The fourth-order valence-corrected chi connectivity index (χ4v) is 3.20. The van der Waals surface area contributed by atoms with Crippen molar-refractivity contribution in [1.82, 2.24) is 4.57 Å². The van der Waals surface area contributed by atoms with E-state index in [1.807, 2.05) is 0 Å². The first-order valence-corrected chi connectivity index (χ1v) is 8.57. The third kappa shape index (κ3) is 4.64. The van der Waals surface area contributed by atoms with Gasteiger partial charge in [0.1, 0.15) is 0 Å². The third-order valence-corrected chi connectivity index (χ3v) is 4.60. The molecule has 2 aromatic carbocycles. The normalized spacial score (nSPS) is 12.2. The van der Waals surface area contributed by atoms with Gasteiger partial charge in [0.05, 0.1) is 21.8 Å². The number of alkyl halides is 6. The number of nitrogens with zero attached hydrogens (tertiary/aromatic N) is 1. The van der Waals surface area contributed by atoms with Crippen LogP contribution in [0.3, 0.4) is 0 Å². The molecule has 1 aromatic heterocycles. The molecule has 3 aromatic rings. The highest BCUT2D eigenvalue weighted by molar-refractivity contribution is 6.34. The largest absolute Gasteiger partial charge is 0.417 e. The molecule has 0 N–H and O–H groups in total. The van der Waals surface area contributed by atoms with Crippen molar-refractivity contribution < 1.29 is 26.3 Å². The van der Waals surface area contributed by atoms with Crippen LogP contribution in [0.5, 0.6) is 0 Å². The predicted molar refractivity (Wildman–Crippen MR) is 96.7 cm³/mol. The van der Waals surface area contributed by atoms with Gasteiger partial charge in [-0.25, -0.2) is 0 Å². The average molecular weight is 432 g/mol. The third-order valence-electron chi connectivity index (χ3n) is 4.19. The number of pyridine rings is 1. The van der Waals surface area contributed by atoms with Gasteiger partial charge < -0.3 is 4.57 Å². The van der Waals surface area contributed by atoms with Crippen LogP contribution in [0.25, 0.3) is 11.3 Å². The van der Waals surface area contributed by atoms with Gasteiger partial charge in [-0.1, -0.05) is 35.9 Å². The first-order valence-electron chi connectivity index (χ1n) is 8.19. The van der Waals surface area contributed by atoms with E-state index in [1.165, 1.54) is 35.0 Å². The molecule has 152 valence electrons. The number of hydrogen-bond acceptors (Lipinski definition) is 1. The van der Waals surface area contributed by atoms with Crippen LogP contribution < -0.4 is 5.43 Å². The lowest BCUT2D eigenvalue weighted by atomic mass is 10.1. The Labute approximate surface area is 166 Å². The minimum Gasteiger partial charge on any atom is -0.343 e. The van der Waals surface area contributed by atoms with Gasteiger partial charge in [0, 0.05) is 30.4 Å². The molecule has 0 aliphatic heterocycles. The second-order valence-electron chi connectivity index (χ2n) is 6.24. The molecule has 0 saturated carbocycles. The molecule has 0 aliphatic rings. The maximum absolute atomic E-state index is 13.2. The summed E-state index contributed by atoms with van der Waals surface area (Å²) < 4.78 is 79.7. The quantitative estimate of drug-likeness (QED) is 0.449. The van der Waals surface area contributed by atoms with E-state index < -0.39 is 33.9 Å². The zero-order valence-electron chi connectivity index (χ0n) is 14.5. The van der Waals surface area contributed by atoms with Crippen LogP contribution in [0, 0.1) is 0 Å². The van der Waals surface area contributed by atoms with Gasteiger partial charge in [-0.05, 0) is 23.8 Å². The van der Waals surface area contributed by atoms with Gasteiger partial charge >= 0.3 is 12.4 Å². The summed E-state index contributed by atoms with van der Waals surface area (Å²) in [5.41, 5.74) is -2.13. The number of hydrogen-bond donors (Lipinski definition) is 0. The number of aromatic nitrogens is 1. The molecule has 1 heterocycles. The minimum atomic E-state index is -4.70. The molecule has 29 heavy (non-hydrogen) atoms. The molecule has 0 radical (unpaired) electrons. The Morgan fingerprint density at radius 2 is 1.55 bits per heavy atom. The smallest absolute Gasteiger partial charge is 0.343 e. The summed E-state index contributed by atoms with van der Waals surface area (Å²) in [6, 6.07) is 10.1. The van der Waals surface area contributed by atoms with Gasteiger partial charge in [-0.2, -0.15) is 26.3 Å². The van der Waals surface area contributed by atoms with E-state index in [-0.39, 0.29) is 23.4 Å². The van der Waals surface area contributed by atoms with E-state index in [1.54, 1.807) is 0 Å². The molecule has 0 unspecified atom stereocenters. The number of benzene rings is 2. The number of halogens is 7. The SMILES string of the molecule is O=c1ccn(Cc2cccc(C(F)(F)F)c2)c(-c2cccc(C(F)(F)F)c2Cl)c1. The summed E-state index contributed by atoms with van der Waals surface area (Å²) in [7, 11) is 0. The summed E-state index contributed by atoms with van der Waals surface area (Å²) in [6.07, 6.45) is -7.94. The molecule has 3 rings (SSSR count). The molecular formula is C20H12ClF6NO. The van der Waals surface area contributed by atoms with Crippen LogP contribution >= 0.6 is 11.6 Å². The van der Waals surface area contributed by atoms with Gasteiger partial charge in [-0.15, -0.1) is 0 Å². The van der Waals surface area contributed by atoms with E-state index in [0.717, 1.165) is 30.3 Å². The standard InChI is InChI=1S/C20H12ClF6NO/c21-18-15(5-2-6-16(18)20(25,26)27)17-10-14(29)7-8-28(17)11-12-3-1-4-13(9-12)19(22,23)24/h1-10H,11H2. The van der Waals surface area contributed by atoms with Gasteiger partial charge in [-0.3, -0.25) is 4.79 Å². The minimum absolute atomic E-state index is 0.0498. The van der Waals surface area contributed by atoms with Crippen LogP contribution in [0.2, 0.25) is 5.02 Å². The molecular weight excluding hydrogens is 420 g/mol. The van der Waals surface area contributed by atoms with Crippen LogP contribution in [-0.2, 0) is 18.9 Å². The summed E-state index contributed by atoms with van der Waals surface area (Å²) in [5.74, 6) is 0. The number of rotatable bonds is 3. The van der Waals surface area contributed by atoms with Crippen molar-refractivity contribution in [3.8, 4) is 11.3 Å². The molecule has 9 heteroatoms. The molecule has 0 spiro atoms. The second kappa shape index (κ2) is 7.59. The summed E-state index contributed by atoms with van der Waals surface area (Å²) in [4.78, 5) is 11.8. The van der Waals surface area contributed by atoms with Crippen molar-refractivity contribution in [1.29, 1.82) is 0 Å². The Morgan fingerprint density at radius 3 is 2.21 bits per heavy atom. The lowest BCUT2D eigenvalue weighted by molar-refractivity contribution is -0.138. The molecule has 0 atom stereocenters. The van der Waals surface area contributed by atoms with Crippen LogP contribution in [0.1, 0.15) is 16.7 Å². The van der Waals surface area contributed by atoms with E-state index in [9.17, 15) is 31.1 Å². The van der Waals surface area contributed by atoms with E-state index in [4.69, 9.17) is 11.6 Å². The molecule has 0 amide bonds. The van der Waals surface area contributed by atoms with Gasteiger partial charge in [0.15, 0.2) is 5.43 Å². The molecule has 0 bridgehead atoms. The van der Waals surface area contributed by atoms with Gasteiger partial charge in [0.2, 0.25) is 0 Å². The highest BCUT2D eigenvalue weighted by Crippen LogP contribution is 2.39. The Hall–Kier alpha value is -2.74. The maximum atomic E-state index is 13.2. The van der Waals surface area contributed by atoms with E-state index in [0.29, 0.717) is 0 Å². The van der Waals surface area contributed by atoms with Crippen molar-refractivity contribution in [2.75, 3.05) is 0 Å². The highest BCUT2D eigenvalue weighted by Gasteiger charge is 2.34. The summed E-state index contributed by atoms with van der Waals surface area (Å²) in [6.45, 7) is -0.105. The van der Waals surface area contributed by atoms with Crippen LogP contribution in [-0.4, -0.2) is 4.57 Å². The van der Waals surface area contributed by atoms with Crippen molar-refractivity contribution in [3.63, 3.8) is 0 Å². The van der Waals surface area contributed by atoms with Crippen LogP contribution in [0.15, 0.2) is 65.6 Å². The predicted octanol–water partition coefficient (Wildman–Crippen LogP) is 6.25. The fourth-order valence-electron chi connectivity index (χ4n) is 2.87. The molecule has 0 saturated heterocycles. The van der Waals surface area contributed by atoms with Crippen LogP contribution in [0.4, 0.5) is 26.3 Å². The van der Waals surface area contributed by atoms with Crippen molar-refractivity contribution >= 4 is 11.6 Å². The zero-order valence-corrected chi connectivity index (χ0v) is 15.2. The first kappa shape index (κ1) is 21.0. The van der Waals surface area contributed by atoms with Crippen molar-refractivity contribution in [3.05, 3.63) is 92.7 Å². The Morgan fingerprint density at radius 1 is 0.862 bits per heavy atom.